The van der Waals surface area contributed by atoms with Gasteiger partial charge in [-0.25, -0.2) is 4.98 Å². The zero-order valence-electron chi connectivity index (χ0n) is 11.8. The first kappa shape index (κ1) is 15.5. The lowest BCUT2D eigenvalue weighted by Gasteiger charge is -2.09. The Morgan fingerprint density at radius 3 is 2.26 bits per heavy atom. The Balaban J connectivity index is 3.01. The van der Waals surface area contributed by atoms with Gasteiger partial charge in [-0.1, -0.05) is 10.3 Å². The predicted octanol–water partition coefficient (Wildman–Crippen LogP) is 1.97. The molecular formula is C11H19N5O2S. The Morgan fingerprint density at radius 2 is 1.79 bits per heavy atom. The van der Waals surface area contributed by atoms with Gasteiger partial charge >= 0.3 is 0 Å². The molecule has 0 aliphatic heterocycles. The summed E-state index contributed by atoms with van der Waals surface area (Å²) in [6, 6.07) is 0. The third kappa shape index (κ3) is 5.29. The van der Waals surface area contributed by atoms with E-state index in [2.05, 4.69) is 20.4 Å². The van der Waals surface area contributed by atoms with Crippen LogP contribution in [0.15, 0.2) is 23.0 Å². The predicted molar refractivity (Wildman–Crippen MR) is 76.2 cm³/mol. The van der Waals surface area contributed by atoms with Crippen molar-refractivity contribution < 1.29 is 9.68 Å². The largest absolute Gasteiger partial charge is 0.392 e. The van der Waals surface area contributed by atoms with Crippen LogP contribution in [0, 0.1) is 0 Å². The summed E-state index contributed by atoms with van der Waals surface area (Å²) >= 11 is 1.40. The van der Waals surface area contributed by atoms with Crippen LogP contribution in [-0.2, 0) is 9.68 Å². The lowest BCUT2D eigenvalue weighted by molar-refractivity contribution is 0.0830. The van der Waals surface area contributed by atoms with Crippen molar-refractivity contribution in [2.45, 2.75) is 39.9 Å². The van der Waals surface area contributed by atoms with Gasteiger partial charge in [0.25, 0.3) is 0 Å². The highest BCUT2D eigenvalue weighted by molar-refractivity contribution is 8.15. The number of oxime groups is 2. The number of hydrogen-bond acceptors (Lipinski definition) is 7. The summed E-state index contributed by atoms with van der Waals surface area (Å²) in [5.74, 6) is 0.444. The topological polar surface area (TPSA) is 73.9 Å². The highest BCUT2D eigenvalue weighted by Gasteiger charge is 2.14. The Labute approximate surface area is 117 Å². The Bertz CT molecular complexity index is 428. The first-order valence-electron chi connectivity index (χ1n) is 5.91. The molecule has 0 aliphatic carbocycles. The van der Waals surface area contributed by atoms with Crippen LogP contribution in [0.25, 0.3) is 0 Å². The molecule has 1 heterocycles. The molecule has 0 saturated carbocycles. The van der Waals surface area contributed by atoms with Gasteiger partial charge in [-0.05, 0) is 34.0 Å². The summed E-state index contributed by atoms with van der Waals surface area (Å²) in [6.07, 6.45) is 4.79. The second kappa shape index (κ2) is 7.78. The second-order valence-corrected chi connectivity index (χ2v) is 4.96. The lowest BCUT2D eigenvalue weighted by atomic mass is 10.5. The van der Waals surface area contributed by atoms with E-state index in [9.17, 15) is 0 Å². The molecule has 19 heavy (non-hydrogen) atoms. The van der Waals surface area contributed by atoms with Gasteiger partial charge in [0.05, 0.1) is 0 Å². The Kier molecular flexibility index (Phi) is 6.34. The van der Waals surface area contributed by atoms with Crippen molar-refractivity contribution >= 4 is 22.6 Å². The smallest absolute Gasteiger partial charge is 0.230 e. The molecule has 0 saturated heterocycles. The number of nitrogens with zero attached hydrogens (tertiary/aromatic N) is 5. The fourth-order valence-electron chi connectivity index (χ4n) is 0.974. The fraction of sp³-hybridized carbons (Fsp3) is 0.636. The molecule has 0 bridgehead atoms. The molecule has 8 heteroatoms. The molecule has 1 aromatic rings. The van der Waals surface area contributed by atoms with Crippen LogP contribution in [0.5, 0.6) is 0 Å². The number of rotatable bonds is 4. The van der Waals surface area contributed by atoms with E-state index in [1.807, 2.05) is 34.0 Å². The average molecular weight is 285 g/mol. The van der Waals surface area contributed by atoms with Crippen LogP contribution in [-0.4, -0.2) is 44.1 Å². The SMILES string of the molecule is CSC(=N/OC(C)C)/C(=N\OC(C)C)n1cncn1. The quantitative estimate of drug-likeness (QED) is 0.480. The maximum Gasteiger partial charge on any atom is 0.230 e. The lowest BCUT2D eigenvalue weighted by Crippen LogP contribution is -2.23. The zero-order valence-corrected chi connectivity index (χ0v) is 12.6. The Morgan fingerprint density at radius 1 is 1.16 bits per heavy atom. The van der Waals surface area contributed by atoms with E-state index in [4.69, 9.17) is 9.68 Å². The number of thioether (sulfide) groups is 1. The van der Waals surface area contributed by atoms with Gasteiger partial charge < -0.3 is 9.68 Å². The third-order valence-electron chi connectivity index (χ3n) is 1.72. The summed E-state index contributed by atoms with van der Waals surface area (Å²) < 4.78 is 1.49. The van der Waals surface area contributed by atoms with Crippen molar-refractivity contribution in [3.63, 3.8) is 0 Å². The van der Waals surface area contributed by atoms with Crippen molar-refractivity contribution in [2.75, 3.05) is 6.26 Å². The minimum Gasteiger partial charge on any atom is -0.392 e. The average Bonchev–Trinajstić information content (AvgIpc) is 2.86. The molecule has 1 rings (SSSR count). The van der Waals surface area contributed by atoms with Gasteiger partial charge in [-0.15, -0.1) is 11.8 Å². The van der Waals surface area contributed by atoms with E-state index >= 15 is 0 Å². The van der Waals surface area contributed by atoms with E-state index in [1.165, 1.54) is 29.1 Å². The highest BCUT2D eigenvalue weighted by atomic mass is 32.2. The molecule has 0 spiro atoms. The highest BCUT2D eigenvalue weighted by Crippen LogP contribution is 2.06. The number of hydrogen-bond donors (Lipinski definition) is 0. The van der Waals surface area contributed by atoms with Gasteiger partial charge in [0.2, 0.25) is 5.84 Å². The van der Waals surface area contributed by atoms with Crippen molar-refractivity contribution in [2.24, 2.45) is 10.3 Å². The summed E-state index contributed by atoms with van der Waals surface area (Å²) in [5.41, 5.74) is 0. The summed E-state index contributed by atoms with van der Waals surface area (Å²) in [6.45, 7) is 7.59. The van der Waals surface area contributed by atoms with E-state index in [-0.39, 0.29) is 12.2 Å². The minimum absolute atomic E-state index is 0.00911. The van der Waals surface area contributed by atoms with Crippen LogP contribution in [0.4, 0.5) is 0 Å². The molecule has 7 nitrogen and oxygen atoms in total. The van der Waals surface area contributed by atoms with Crippen molar-refractivity contribution in [3.05, 3.63) is 12.7 Å². The molecule has 0 unspecified atom stereocenters. The van der Waals surface area contributed by atoms with Gasteiger partial charge in [0, 0.05) is 0 Å². The van der Waals surface area contributed by atoms with Crippen molar-refractivity contribution in [1.82, 2.24) is 14.8 Å². The van der Waals surface area contributed by atoms with E-state index in [0.29, 0.717) is 10.9 Å². The van der Waals surface area contributed by atoms with E-state index in [0.717, 1.165) is 0 Å². The molecular weight excluding hydrogens is 266 g/mol. The van der Waals surface area contributed by atoms with E-state index in [1.54, 1.807) is 0 Å². The summed E-state index contributed by atoms with van der Waals surface area (Å²) in [7, 11) is 0. The summed E-state index contributed by atoms with van der Waals surface area (Å²) in [4.78, 5) is 14.4. The van der Waals surface area contributed by atoms with Gasteiger partial charge in [-0.3, -0.25) is 0 Å². The Hall–Kier alpha value is -1.57. The summed E-state index contributed by atoms with van der Waals surface area (Å²) in [5, 5.41) is 12.7. The first-order chi connectivity index (χ1) is 9.04. The second-order valence-electron chi connectivity index (χ2n) is 4.16. The van der Waals surface area contributed by atoms with Crippen LogP contribution < -0.4 is 0 Å². The monoisotopic (exact) mass is 285 g/mol. The van der Waals surface area contributed by atoms with E-state index < -0.39 is 0 Å². The molecule has 106 valence electrons. The maximum atomic E-state index is 5.27. The number of aromatic nitrogens is 3. The molecule has 0 aliphatic rings. The third-order valence-corrected chi connectivity index (χ3v) is 2.36. The zero-order chi connectivity index (χ0) is 14.3. The van der Waals surface area contributed by atoms with Crippen molar-refractivity contribution in [1.29, 1.82) is 0 Å². The normalized spacial score (nSPS) is 13.2. The van der Waals surface area contributed by atoms with Crippen molar-refractivity contribution in [3.8, 4) is 0 Å². The molecule has 0 aromatic carbocycles. The van der Waals surface area contributed by atoms with Crippen LogP contribution >= 0.6 is 11.8 Å². The molecule has 0 N–H and O–H groups in total. The molecule has 0 fully saturated rings. The molecule has 0 amide bonds. The van der Waals surface area contributed by atoms with Gasteiger partial charge in [0.1, 0.15) is 24.9 Å². The fourth-order valence-corrected chi connectivity index (χ4v) is 1.41. The minimum atomic E-state index is -0.0346. The van der Waals surface area contributed by atoms with Gasteiger partial charge in [-0.2, -0.15) is 9.78 Å². The van der Waals surface area contributed by atoms with Crippen LogP contribution in [0.2, 0.25) is 0 Å². The molecule has 0 atom stereocenters. The molecule has 0 radical (unpaired) electrons. The first-order valence-corrected chi connectivity index (χ1v) is 7.14. The van der Waals surface area contributed by atoms with Gasteiger partial charge in [0.15, 0.2) is 5.04 Å². The standard InChI is InChI=1S/C11H19N5O2S/c1-8(2)17-14-10(16-7-12-6-13-16)11(19-5)15-18-9(3)4/h6-9H,1-5H3/b14-10+,15-11+. The van der Waals surface area contributed by atoms with Crippen LogP contribution in [0.3, 0.4) is 0 Å². The molecule has 1 aromatic heterocycles. The maximum absolute atomic E-state index is 5.27. The van der Waals surface area contributed by atoms with Crippen LogP contribution in [0.1, 0.15) is 27.7 Å².